The van der Waals surface area contributed by atoms with Gasteiger partial charge in [0.25, 0.3) is 0 Å². The Balaban J connectivity index is 2.31. The predicted octanol–water partition coefficient (Wildman–Crippen LogP) is 3.85. The minimum atomic E-state index is -1.08. The molecule has 0 spiro atoms. The molecule has 0 unspecified atom stereocenters. The van der Waals surface area contributed by atoms with Crippen LogP contribution in [0.1, 0.15) is 38.8 Å². The first-order chi connectivity index (χ1) is 15.6. The van der Waals surface area contributed by atoms with E-state index in [1.807, 2.05) is 30.3 Å². The average Bonchev–Trinajstić information content (AvgIpc) is 2.72. The predicted molar refractivity (Wildman–Crippen MR) is 122 cm³/mol. The number of esters is 1. The molecule has 0 radical (unpaired) electrons. The fourth-order valence-electron chi connectivity index (χ4n) is 3.15. The van der Waals surface area contributed by atoms with Gasteiger partial charge in [0.05, 0.1) is 6.61 Å². The van der Waals surface area contributed by atoms with E-state index in [-0.39, 0.29) is 26.1 Å². The molecule has 0 heterocycles. The van der Waals surface area contributed by atoms with E-state index in [9.17, 15) is 18.8 Å². The van der Waals surface area contributed by atoms with Gasteiger partial charge in [0.2, 0.25) is 5.91 Å². The second kappa shape index (κ2) is 12.0. The van der Waals surface area contributed by atoms with Crippen LogP contribution in [0, 0.1) is 5.82 Å². The summed E-state index contributed by atoms with van der Waals surface area (Å²) in [6.07, 6.45) is -0.766. The van der Waals surface area contributed by atoms with E-state index in [2.05, 4.69) is 5.32 Å². The molecule has 7 nitrogen and oxygen atoms in total. The molecule has 0 aliphatic carbocycles. The van der Waals surface area contributed by atoms with Crippen molar-refractivity contribution in [3.05, 3.63) is 71.5 Å². The standard InChI is InChI=1S/C25H31FN2O5/c1-5-32-22(29)17-28(16-18-10-7-6-8-11-18)23(30)21(27-24(31)33-25(2,3)4)15-19-12-9-13-20(26)14-19/h6-14,21H,5,15-17H2,1-4H3,(H,27,31)/t21-/m1/s1. The first-order valence-corrected chi connectivity index (χ1v) is 10.8. The van der Waals surface area contributed by atoms with Gasteiger partial charge < -0.3 is 19.7 Å². The van der Waals surface area contributed by atoms with E-state index in [4.69, 9.17) is 9.47 Å². The van der Waals surface area contributed by atoms with Crippen molar-refractivity contribution in [1.82, 2.24) is 10.2 Å². The van der Waals surface area contributed by atoms with E-state index in [0.717, 1.165) is 5.56 Å². The minimum absolute atomic E-state index is 0.0178. The zero-order valence-electron chi connectivity index (χ0n) is 19.5. The minimum Gasteiger partial charge on any atom is -0.465 e. The average molecular weight is 459 g/mol. The molecule has 2 aromatic rings. The van der Waals surface area contributed by atoms with Crippen LogP contribution in [-0.2, 0) is 32.0 Å². The number of amides is 2. The highest BCUT2D eigenvalue weighted by atomic mass is 19.1. The molecular formula is C25H31FN2O5. The second-order valence-corrected chi connectivity index (χ2v) is 8.52. The lowest BCUT2D eigenvalue weighted by molar-refractivity contribution is -0.150. The van der Waals surface area contributed by atoms with Gasteiger partial charge in [-0.05, 0) is 51.0 Å². The Morgan fingerprint density at radius 3 is 2.30 bits per heavy atom. The number of nitrogens with zero attached hydrogens (tertiary/aromatic N) is 1. The van der Waals surface area contributed by atoms with Crippen LogP contribution in [0.5, 0.6) is 0 Å². The zero-order valence-corrected chi connectivity index (χ0v) is 19.5. The molecule has 1 atom stereocenters. The van der Waals surface area contributed by atoms with Crippen LogP contribution < -0.4 is 5.32 Å². The van der Waals surface area contributed by atoms with E-state index in [1.54, 1.807) is 33.8 Å². The zero-order chi connectivity index (χ0) is 24.4. The fraction of sp³-hybridized carbons (Fsp3) is 0.400. The molecule has 1 N–H and O–H groups in total. The summed E-state index contributed by atoms with van der Waals surface area (Å²) < 4.78 is 24.1. The number of carbonyl (C=O) groups excluding carboxylic acids is 3. The summed E-state index contributed by atoms with van der Waals surface area (Å²) in [6.45, 7) is 6.81. The molecule has 0 aliphatic heterocycles. The van der Waals surface area contributed by atoms with E-state index in [0.29, 0.717) is 5.56 Å². The smallest absolute Gasteiger partial charge is 0.408 e. The van der Waals surface area contributed by atoms with Crippen molar-refractivity contribution in [1.29, 1.82) is 0 Å². The highest BCUT2D eigenvalue weighted by Crippen LogP contribution is 2.13. The summed E-state index contributed by atoms with van der Waals surface area (Å²) in [7, 11) is 0. The summed E-state index contributed by atoms with van der Waals surface area (Å²) >= 11 is 0. The summed E-state index contributed by atoms with van der Waals surface area (Å²) in [5.41, 5.74) is 0.544. The van der Waals surface area contributed by atoms with Gasteiger partial charge >= 0.3 is 12.1 Å². The SMILES string of the molecule is CCOC(=O)CN(Cc1ccccc1)C(=O)[C@@H](Cc1cccc(F)c1)NC(=O)OC(C)(C)C. The van der Waals surface area contributed by atoms with Crippen LogP contribution in [0.15, 0.2) is 54.6 Å². The van der Waals surface area contributed by atoms with Gasteiger partial charge in [-0.15, -0.1) is 0 Å². The van der Waals surface area contributed by atoms with Crippen molar-refractivity contribution in [2.24, 2.45) is 0 Å². The molecular weight excluding hydrogens is 427 g/mol. The highest BCUT2D eigenvalue weighted by Gasteiger charge is 2.30. The monoisotopic (exact) mass is 458 g/mol. The Hall–Kier alpha value is -3.42. The van der Waals surface area contributed by atoms with Crippen molar-refractivity contribution in [2.45, 2.75) is 52.3 Å². The lowest BCUT2D eigenvalue weighted by Gasteiger charge is -2.28. The highest BCUT2D eigenvalue weighted by molar-refractivity contribution is 5.88. The van der Waals surface area contributed by atoms with Gasteiger partial charge in [-0.25, -0.2) is 9.18 Å². The Morgan fingerprint density at radius 1 is 1.03 bits per heavy atom. The molecule has 0 aliphatic rings. The Labute approximate surface area is 193 Å². The molecule has 0 saturated heterocycles. The third-order valence-corrected chi connectivity index (χ3v) is 4.47. The van der Waals surface area contributed by atoms with Crippen LogP contribution >= 0.6 is 0 Å². The summed E-state index contributed by atoms with van der Waals surface area (Å²) in [4.78, 5) is 39.5. The maximum atomic E-state index is 13.7. The number of hydrogen-bond acceptors (Lipinski definition) is 5. The van der Waals surface area contributed by atoms with Crippen molar-refractivity contribution in [3.8, 4) is 0 Å². The normalized spacial score (nSPS) is 11.9. The number of carbonyl (C=O) groups is 3. The maximum Gasteiger partial charge on any atom is 0.408 e. The number of rotatable bonds is 9. The van der Waals surface area contributed by atoms with E-state index in [1.165, 1.54) is 23.1 Å². The van der Waals surface area contributed by atoms with Crippen molar-refractivity contribution in [2.75, 3.05) is 13.2 Å². The Morgan fingerprint density at radius 2 is 1.70 bits per heavy atom. The van der Waals surface area contributed by atoms with Crippen LogP contribution in [0.4, 0.5) is 9.18 Å². The summed E-state index contributed by atoms with van der Waals surface area (Å²) in [6, 6.07) is 13.8. The first-order valence-electron chi connectivity index (χ1n) is 10.8. The van der Waals surface area contributed by atoms with Gasteiger partial charge in [0.1, 0.15) is 24.0 Å². The van der Waals surface area contributed by atoms with Gasteiger partial charge in [0, 0.05) is 13.0 Å². The summed E-state index contributed by atoms with van der Waals surface area (Å²) in [5.74, 6) is -1.53. The molecule has 33 heavy (non-hydrogen) atoms. The third-order valence-electron chi connectivity index (χ3n) is 4.47. The van der Waals surface area contributed by atoms with E-state index < -0.39 is 35.4 Å². The molecule has 0 bridgehead atoms. The van der Waals surface area contributed by atoms with E-state index >= 15 is 0 Å². The molecule has 0 aromatic heterocycles. The molecule has 8 heteroatoms. The first kappa shape index (κ1) is 25.8. The van der Waals surface area contributed by atoms with Crippen LogP contribution in [-0.4, -0.2) is 47.7 Å². The molecule has 2 rings (SSSR count). The van der Waals surface area contributed by atoms with Gasteiger partial charge in [-0.2, -0.15) is 0 Å². The van der Waals surface area contributed by atoms with Crippen LogP contribution in [0.3, 0.4) is 0 Å². The molecule has 0 saturated carbocycles. The number of halogens is 1. The van der Waals surface area contributed by atoms with Gasteiger partial charge in [-0.3, -0.25) is 9.59 Å². The lowest BCUT2D eigenvalue weighted by atomic mass is 10.0. The number of alkyl carbamates (subject to hydrolysis) is 1. The Kier molecular flexibility index (Phi) is 9.39. The topological polar surface area (TPSA) is 84.9 Å². The third kappa shape index (κ3) is 9.31. The van der Waals surface area contributed by atoms with Crippen molar-refractivity contribution < 1.29 is 28.2 Å². The van der Waals surface area contributed by atoms with Gasteiger partial charge in [-0.1, -0.05) is 42.5 Å². The van der Waals surface area contributed by atoms with Crippen molar-refractivity contribution in [3.63, 3.8) is 0 Å². The van der Waals surface area contributed by atoms with Crippen LogP contribution in [0.2, 0.25) is 0 Å². The van der Waals surface area contributed by atoms with Crippen molar-refractivity contribution >= 4 is 18.0 Å². The van der Waals surface area contributed by atoms with Gasteiger partial charge in [0.15, 0.2) is 0 Å². The van der Waals surface area contributed by atoms with Crippen LogP contribution in [0.25, 0.3) is 0 Å². The molecule has 2 amide bonds. The lowest BCUT2D eigenvalue weighted by Crippen LogP contribution is -2.51. The second-order valence-electron chi connectivity index (χ2n) is 8.52. The molecule has 0 fully saturated rings. The number of benzene rings is 2. The fourth-order valence-corrected chi connectivity index (χ4v) is 3.15. The quantitative estimate of drug-likeness (QED) is 0.577. The number of ether oxygens (including phenoxy) is 2. The number of nitrogens with one attached hydrogen (secondary N) is 1. The Bertz CT molecular complexity index is 943. The molecule has 178 valence electrons. The maximum absolute atomic E-state index is 13.7. The largest absolute Gasteiger partial charge is 0.465 e. The number of hydrogen-bond donors (Lipinski definition) is 1. The molecule has 2 aromatic carbocycles. The summed E-state index contributed by atoms with van der Waals surface area (Å²) in [5, 5.41) is 2.59.